The van der Waals surface area contributed by atoms with Crippen molar-refractivity contribution in [3.8, 4) is 11.5 Å². The number of rotatable bonds is 6. The first-order valence-corrected chi connectivity index (χ1v) is 13.1. The number of thiazole rings is 1. The number of benzene rings is 3. The highest BCUT2D eigenvalue weighted by molar-refractivity contribution is 7.22. The number of ether oxygens (including phenoxy) is 2. The lowest BCUT2D eigenvalue weighted by atomic mass is 9.94. The molecule has 38 heavy (non-hydrogen) atoms. The van der Waals surface area contributed by atoms with Gasteiger partial charge in [0.1, 0.15) is 17.3 Å². The van der Waals surface area contributed by atoms with Gasteiger partial charge in [0.05, 0.1) is 41.6 Å². The molecule has 3 aromatic carbocycles. The molecule has 1 unspecified atom stereocenters. The van der Waals surface area contributed by atoms with Gasteiger partial charge in [0.15, 0.2) is 5.13 Å². The van der Waals surface area contributed by atoms with Crippen molar-refractivity contribution in [1.29, 1.82) is 0 Å². The van der Waals surface area contributed by atoms with Crippen LogP contribution in [0.15, 0.2) is 66.2 Å². The summed E-state index contributed by atoms with van der Waals surface area (Å²) in [6.07, 6.45) is 0. The molecule has 0 radical (unpaired) electrons. The van der Waals surface area contributed by atoms with Crippen LogP contribution in [0.4, 0.5) is 5.13 Å². The summed E-state index contributed by atoms with van der Waals surface area (Å²) in [4.78, 5) is 33.3. The van der Waals surface area contributed by atoms with Crippen LogP contribution in [0.1, 0.15) is 48.1 Å². The molecule has 194 valence electrons. The third-order valence-corrected chi connectivity index (χ3v) is 7.76. The number of aryl methyl sites for hydroxylation is 1. The molecule has 0 saturated carbocycles. The molecule has 1 N–H and O–H groups in total. The second-order valence-electron chi connectivity index (χ2n) is 9.53. The summed E-state index contributed by atoms with van der Waals surface area (Å²) >= 11 is 1.35. The summed E-state index contributed by atoms with van der Waals surface area (Å²) in [5, 5.41) is 11.9. The molecule has 1 atom stereocenters. The number of hydrogen-bond donors (Lipinski definition) is 1. The van der Waals surface area contributed by atoms with Crippen molar-refractivity contribution >= 4 is 44.1 Å². The van der Waals surface area contributed by atoms with Gasteiger partial charge >= 0.3 is 5.91 Å². The van der Waals surface area contributed by atoms with E-state index in [0.717, 1.165) is 21.3 Å². The fourth-order valence-corrected chi connectivity index (χ4v) is 5.76. The third-order valence-electron chi connectivity index (χ3n) is 6.74. The second-order valence-corrected chi connectivity index (χ2v) is 10.5. The third kappa shape index (κ3) is 4.31. The van der Waals surface area contributed by atoms with Crippen LogP contribution >= 0.6 is 11.3 Å². The number of anilines is 1. The first-order chi connectivity index (χ1) is 18.2. The first kappa shape index (κ1) is 25.5. The number of ketones is 1. The Labute approximate surface area is 225 Å². The lowest BCUT2D eigenvalue weighted by molar-refractivity contribution is -0.132. The van der Waals surface area contributed by atoms with E-state index in [-0.39, 0.29) is 16.9 Å². The molecule has 1 fully saturated rings. The maximum atomic E-state index is 13.6. The molecule has 1 aromatic heterocycles. The average molecular weight is 529 g/mol. The minimum atomic E-state index is -0.869. The van der Waals surface area contributed by atoms with Gasteiger partial charge in [-0.25, -0.2) is 4.98 Å². The zero-order chi connectivity index (χ0) is 27.1. The van der Waals surface area contributed by atoms with E-state index >= 15 is 0 Å². The monoisotopic (exact) mass is 528 g/mol. The number of amides is 1. The van der Waals surface area contributed by atoms with Gasteiger partial charge in [0.25, 0.3) is 5.78 Å². The predicted octanol–water partition coefficient (Wildman–Crippen LogP) is 6.37. The van der Waals surface area contributed by atoms with Crippen molar-refractivity contribution in [3.05, 3.63) is 88.5 Å². The van der Waals surface area contributed by atoms with Crippen LogP contribution in [-0.4, -0.2) is 36.0 Å². The summed E-state index contributed by atoms with van der Waals surface area (Å²) in [7, 11) is 2.99. The van der Waals surface area contributed by atoms with Gasteiger partial charge in [0, 0.05) is 6.07 Å². The largest absolute Gasteiger partial charge is 0.507 e. The Bertz CT molecular complexity index is 1600. The van der Waals surface area contributed by atoms with E-state index in [0.29, 0.717) is 28.1 Å². The number of aliphatic hydroxyl groups excluding tert-OH is 1. The van der Waals surface area contributed by atoms with E-state index in [1.807, 2.05) is 43.3 Å². The molecule has 2 heterocycles. The molecule has 0 bridgehead atoms. The number of hydrogen-bond acceptors (Lipinski definition) is 7. The fourth-order valence-electron chi connectivity index (χ4n) is 4.72. The van der Waals surface area contributed by atoms with E-state index in [2.05, 4.69) is 19.9 Å². The number of aliphatic hydroxyl groups is 1. The van der Waals surface area contributed by atoms with E-state index < -0.39 is 17.7 Å². The Hall–Kier alpha value is -4.17. The molecule has 1 aliphatic heterocycles. The molecule has 4 aromatic rings. The SMILES string of the molecule is COc1ccc(/C(O)=C2\C(=O)C(=O)N(c3nc4ccc(C(C)C)cc4s3)C2c2cccc(C)c2)c(OC)c1. The van der Waals surface area contributed by atoms with E-state index in [9.17, 15) is 14.7 Å². The zero-order valence-electron chi connectivity index (χ0n) is 21.8. The topological polar surface area (TPSA) is 89.0 Å². The molecule has 8 heteroatoms. The van der Waals surface area contributed by atoms with Crippen molar-refractivity contribution in [1.82, 2.24) is 4.98 Å². The number of carbonyl (C=O) groups is 2. The highest BCUT2D eigenvalue weighted by atomic mass is 32.1. The van der Waals surface area contributed by atoms with Crippen LogP contribution in [-0.2, 0) is 9.59 Å². The van der Waals surface area contributed by atoms with E-state index in [1.165, 1.54) is 30.5 Å². The smallest absolute Gasteiger partial charge is 0.301 e. The van der Waals surface area contributed by atoms with Gasteiger partial charge < -0.3 is 14.6 Å². The molecular formula is C30H28N2O5S. The summed E-state index contributed by atoms with van der Waals surface area (Å²) in [6, 6.07) is 17.6. The number of carbonyl (C=O) groups excluding carboxylic acids is 2. The lowest BCUT2D eigenvalue weighted by Gasteiger charge is -2.23. The minimum absolute atomic E-state index is 0.0220. The van der Waals surface area contributed by atoms with Gasteiger partial charge in [-0.2, -0.15) is 0 Å². The number of aromatic nitrogens is 1. The maximum Gasteiger partial charge on any atom is 0.301 e. The predicted molar refractivity (Wildman–Crippen MR) is 149 cm³/mol. The van der Waals surface area contributed by atoms with Gasteiger partial charge in [-0.3, -0.25) is 14.5 Å². The Morgan fingerprint density at radius 1 is 1.03 bits per heavy atom. The average Bonchev–Trinajstić information content (AvgIpc) is 3.45. The summed E-state index contributed by atoms with van der Waals surface area (Å²) in [6.45, 7) is 6.17. The van der Waals surface area contributed by atoms with Crippen LogP contribution in [0.25, 0.3) is 16.0 Å². The highest BCUT2D eigenvalue weighted by Crippen LogP contribution is 2.45. The molecule has 5 rings (SSSR count). The Balaban J connectivity index is 1.73. The van der Waals surface area contributed by atoms with Crippen LogP contribution in [0.3, 0.4) is 0 Å². The van der Waals surface area contributed by atoms with Gasteiger partial charge in [-0.1, -0.05) is 61.1 Å². The van der Waals surface area contributed by atoms with Crippen molar-refractivity contribution in [2.45, 2.75) is 32.7 Å². The summed E-state index contributed by atoms with van der Waals surface area (Å²) in [5.41, 5.74) is 3.83. The van der Waals surface area contributed by atoms with Gasteiger partial charge in [0.2, 0.25) is 0 Å². The van der Waals surface area contributed by atoms with Crippen molar-refractivity contribution in [3.63, 3.8) is 0 Å². The molecular weight excluding hydrogens is 500 g/mol. The summed E-state index contributed by atoms with van der Waals surface area (Å²) < 4.78 is 11.7. The number of methoxy groups -OCH3 is 2. The first-order valence-electron chi connectivity index (χ1n) is 12.2. The van der Waals surface area contributed by atoms with Gasteiger partial charge in [-0.05, 0) is 48.2 Å². The van der Waals surface area contributed by atoms with E-state index in [1.54, 1.807) is 18.2 Å². The fraction of sp³-hybridized carbons (Fsp3) is 0.233. The highest BCUT2D eigenvalue weighted by Gasteiger charge is 2.48. The summed E-state index contributed by atoms with van der Waals surface area (Å²) in [5.74, 6) is -0.657. The molecule has 1 saturated heterocycles. The second kappa shape index (κ2) is 9.95. The molecule has 0 aliphatic carbocycles. The minimum Gasteiger partial charge on any atom is -0.507 e. The van der Waals surface area contributed by atoms with Crippen molar-refractivity contribution in [2.75, 3.05) is 19.1 Å². The normalized spacial score (nSPS) is 17.0. The van der Waals surface area contributed by atoms with Crippen LogP contribution in [0, 0.1) is 6.92 Å². The van der Waals surface area contributed by atoms with Crippen LogP contribution < -0.4 is 14.4 Å². The van der Waals surface area contributed by atoms with Crippen LogP contribution in [0.2, 0.25) is 0 Å². The number of fused-ring (bicyclic) bond motifs is 1. The van der Waals surface area contributed by atoms with E-state index in [4.69, 9.17) is 14.5 Å². The van der Waals surface area contributed by atoms with Crippen molar-refractivity contribution in [2.24, 2.45) is 0 Å². The molecule has 1 amide bonds. The molecule has 1 aliphatic rings. The Morgan fingerprint density at radius 2 is 1.82 bits per heavy atom. The number of Topliss-reactive ketones (excluding diaryl/α,β-unsaturated/α-hetero) is 1. The lowest BCUT2D eigenvalue weighted by Crippen LogP contribution is -2.29. The van der Waals surface area contributed by atoms with Crippen molar-refractivity contribution < 1.29 is 24.2 Å². The van der Waals surface area contributed by atoms with Crippen LogP contribution in [0.5, 0.6) is 11.5 Å². The molecule has 7 nitrogen and oxygen atoms in total. The zero-order valence-corrected chi connectivity index (χ0v) is 22.6. The number of nitrogens with zero attached hydrogens (tertiary/aromatic N) is 2. The quantitative estimate of drug-likeness (QED) is 0.178. The Morgan fingerprint density at radius 3 is 2.50 bits per heavy atom. The standard InChI is InChI=1S/C30H28N2O5S/c1-16(2)18-9-12-22-24(14-18)38-30(31-22)32-26(19-8-6-7-17(3)13-19)25(28(34)29(32)35)27(33)21-11-10-20(36-4)15-23(21)37-5/h6-16,26,33H,1-5H3/b27-25+. The molecule has 0 spiro atoms. The van der Waals surface area contributed by atoms with Gasteiger partial charge in [-0.15, -0.1) is 0 Å². The Kier molecular flexibility index (Phi) is 6.67. The maximum absolute atomic E-state index is 13.6.